The molecule has 0 saturated heterocycles. The molecule has 0 aromatic rings. The van der Waals surface area contributed by atoms with Crippen molar-refractivity contribution in [2.75, 3.05) is 39.6 Å². The van der Waals surface area contributed by atoms with E-state index in [4.69, 9.17) is 37.0 Å². The summed E-state index contributed by atoms with van der Waals surface area (Å²) in [6.45, 7) is 4.04. The molecule has 560 valence electrons. The van der Waals surface area contributed by atoms with Gasteiger partial charge in [0.2, 0.25) is 0 Å². The number of esters is 4. The molecule has 3 N–H and O–H groups in total. The molecule has 0 amide bonds. The van der Waals surface area contributed by atoms with Crippen LogP contribution in [0.25, 0.3) is 0 Å². The molecule has 0 aromatic carbocycles. The lowest BCUT2D eigenvalue weighted by atomic mass is 10.1. The summed E-state index contributed by atoms with van der Waals surface area (Å²) in [6.07, 6.45) is 87.6. The minimum absolute atomic E-state index is 0.0524. The number of aliphatic hydroxyl groups is 1. The maximum absolute atomic E-state index is 13.1. The van der Waals surface area contributed by atoms with Crippen LogP contribution in [0.1, 0.15) is 220 Å². The molecular formula is C81H124O17P2. The molecule has 5 unspecified atom stereocenters. The van der Waals surface area contributed by atoms with Crippen LogP contribution >= 0.6 is 15.6 Å². The molecule has 0 spiro atoms. The number of carbonyl (C=O) groups excluding carboxylic acids is 4. The van der Waals surface area contributed by atoms with Crippen molar-refractivity contribution in [1.82, 2.24) is 0 Å². The summed E-state index contributed by atoms with van der Waals surface area (Å²) >= 11 is 0. The van der Waals surface area contributed by atoms with Gasteiger partial charge >= 0.3 is 39.5 Å². The third kappa shape index (κ3) is 70.1. The SMILES string of the molecule is CC/C=C\C/C=C\C/C=C\C/C=C\C/C=C\CC(=O)OCC(COP(=O)(O)OCC(O)COP(=O)(O)OCC(COC(=O)CCCC/C=C\C/C=C\C/C=C\C/C=C\CC)OC(=O)CCCCCCC/C=C\C/C=C\C/C=C\CC)OC(=O)C/C=C\C/C=C\C/C=C\C/C=C\C/C=C\CC. The van der Waals surface area contributed by atoms with E-state index >= 15 is 0 Å². The van der Waals surface area contributed by atoms with Crippen LogP contribution in [0.4, 0.5) is 0 Å². The molecule has 0 saturated carbocycles. The van der Waals surface area contributed by atoms with Gasteiger partial charge in [0.15, 0.2) is 12.2 Å². The van der Waals surface area contributed by atoms with Crippen LogP contribution in [-0.2, 0) is 65.4 Å². The Balaban J connectivity index is 5.58. The Bertz CT molecular complexity index is 2720. The second-order valence-corrected chi connectivity index (χ2v) is 25.9. The highest BCUT2D eigenvalue weighted by Crippen LogP contribution is 2.45. The normalized spacial score (nSPS) is 15.2. The van der Waals surface area contributed by atoms with E-state index in [0.717, 1.165) is 141 Å². The van der Waals surface area contributed by atoms with Crippen LogP contribution in [-0.4, -0.2) is 96.7 Å². The molecule has 17 nitrogen and oxygen atoms in total. The zero-order valence-corrected chi connectivity index (χ0v) is 62.6. The molecule has 0 radical (unpaired) electrons. The van der Waals surface area contributed by atoms with Crippen molar-refractivity contribution in [2.24, 2.45) is 0 Å². The van der Waals surface area contributed by atoms with Crippen LogP contribution in [0.2, 0.25) is 0 Å². The van der Waals surface area contributed by atoms with E-state index < -0.39 is 97.5 Å². The second-order valence-electron chi connectivity index (χ2n) is 23.0. The van der Waals surface area contributed by atoms with Crippen LogP contribution in [0.3, 0.4) is 0 Å². The highest BCUT2D eigenvalue weighted by Gasteiger charge is 2.30. The third-order valence-corrected chi connectivity index (χ3v) is 15.7. The monoisotopic (exact) mass is 1430 g/mol. The van der Waals surface area contributed by atoms with Gasteiger partial charge in [-0.25, -0.2) is 9.13 Å². The van der Waals surface area contributed by atoms with E-state index in [1.165, 1.54) is 0 Å². The lowest BCUT2D eigenvalue weighted by molar-refractivity contribution is -0.161. The molecule has 19 heteroatoms. The van der Waals surface area contributed by atoms with E-state index in [1.54, 1.807) is 24.3 Å². The average Bonchev–Trinajstić information content (AvgIpc) is 1.01. The van der Waals surface area contributed by atoms with Gasteiger partial charge < -0.3 is 33.8 Å². The Morgan fingerprint density at radius 3 is 0.900 bits per heavy atom. The van der Waals surface area contributed by atoms with Crippen molar-refractivity contribution in [3.63, 3.8) is 0 Å². The highest BCUT2D eigenvalue weighted by atomic mass is 31.2. The number of rotatable bonds is 65. The first-order chi connectivity index (χ1) is 48.7. The van der Waals surface area contributed by atoms with Gasteiger partial charge in [-0.15, -0.1) is 0 Å². The molecule has 0 fully saturated rings. The summed E-state index contributed by atoms with van der Waals surface area (Å²) in [5.74, 6) is -2.57. The highest BCUT2D eigenvalue weighted by molar-refractivity contribution is 7.47. The van der Waals surface area contributed by atoms with Crippen molar-refractivity contribution in [3.05, 3.63) is 207 Å². The van der Waals surface area contributed by atoms with E-state index in [2.05, 4.69) is 186 Å². The van der Waals surface area contributed by atoms with Crippen molar-refractivity contribution < 1.29 is 80.2 Å². The number of unbranched alkanes of at least 4 members (excludes halogenated alkanes) is 7. The summed E-state index contributed by atoms with van der Waals surface area (Å²) in [7, 11) is -10.0. The number of carbonyl (C=O) groups is 4. The van der Waals surface area contributed by atoms with E-state index in [1.807, 2.05) is 24.3 Å². The summed E-state index contributed by atoms with van der Waals surface area (Å²) in [4.78, 5) is 72.6. The first-order valence-corrected chi connectivity index (χ1v) is 39.3. The standard InChI is InChI=1S/C81H124O17P2/c1-5-9-13-17-21-25-29-33-37-41-45-49-53-57-61-65-78(83)91-71-76(97-80(85)67-63-59-55-51-47-43-39-35-31-27-23-19-15-11-7-3)73-95-99(87,88)93-69-75(82)70-94-100(89,90)96-74-77(98-81(86)68-64-60-56-52-48-44-40-36-32-28-24-20-16-12-8-4)72-92-79(84)66-62-58-54-50-46-42-38-34-30-26-22-18-14-10-6-2/h9-16,21-28,33-40,45-47,49-51,57,59,61,63,75-77,82H,5-8,17-20,29-32,41-44,48,52-56,58,60,62,64-74H2,1-4H3,(H,87,88)(H,89,90)/b13-9-,14-10-,15-11-,16-12-,25-21-,26-22-,27-23-,28-24-,37-33-,38-34-,39-35-,40-36-,49-45-,50-46-,51-47-,61-57-,63-59-. The lowest BCUT2D eigenvalue weighted by Gasteiger charge is -2.21. The van der Waals surface area contributed by atoms with Crippen molar-refractivity contribution in [3.8, 4) is 0 Å². The molecule has 0 aliphatic rings. The van der Waals surface area contributed by atoms with Gasteiger partial charge in [0.05, 0.1) is 39.3 Å². The fourth-order valence-corrected chi connectivity index (χ4v) is 10.0. The number of hydrogen-bond acceptors (Lipinski definition) is 15. The third-order valence-electron chi connectivity index (χ3n) is 13.8. The zero-order chi connectivity index (χ0) is 73.2. The molecule has 0 aliphatic heterocycles. The van der Waals surface area contributed by atoms with Crippen LogP contribution in [0.15, 0.2) is 207 Å². The minimum atomic E-state index is -5.03. The van der Waals surface area contributed by atoms with Crippen molar-refractivity contribution in [2.45, 2.75) is 239 Å². The van der Waals surface area contributed by atoms with Gasteiger partial charge in [0.1, 0.15) is 19.3 Å². The molecule has 0 aliphatic carbocycles. The molecular weight excluding hydrogens is 1310 g/mol. The summed E-state index contributed by atoms with van der Waals surface area (Å²) in [5, 5.41) is 10.6. The Morgan fingerprint density at radius 2 is 0.540 bits per heavy atom. The maximum Gasteiger partial charge on any atom is 0.472 e. The quantitative estimate of drug-likeness (QED) is 0.0169. The smallest absolute Gasteiger partial charge is 0.462 e. The summed E-state index contributed by atoms with van der Waals surface area (Å²) in [6, 6.07) is 0. The van der Waals surface area contributed by atoms with Crippen LogP contribution < -0.4 is 0 Å². The number of phosphoric acid groups is 2. The second kappa shape index (κ2) is 71.1. The van der Waals surface area contributed by atoms with Crippen molar-refractivity contribution >= 4 is 39.5 Å². The average molecular weight is 1430 g/mol. The number of allylic oxidation sites excluding steroid dienone is 32. The number of aliphatic hydroxyl groups excluding tert-OH is 1. The Morgan fingerprint density at radius 1 is 0.290 bits per heavy atom. The van der Waals surface area contributed by atoms with Crippen LogP contribution in [0.5, 0.6) is 0 Å². The van der Waals surface area contributed by atoms with Crippen molar-refractivity contribution in [1.29, 1.82) is 0 Å². The number of ether oxygens (including phenoxy) is 4. The predicted octanol–water partition coefficient (Wildman–Crippen LogP) is 20.8. The van der Waals surface area contributed by atoms with E-state index in [9.17, 15) is 43.2 Å². The fraction of sp³-hybridized carbons (Fsp3) is 0.531. The molecule has 5 atom stereocenters. The molecule has 0 aromatic heterocycles. The van der Waals surface area contributed by atoms with E-state index in [-0.39, 0.29) is 25.7 Å². The van der Waals surface area contributed by atoms with Gasteiger partial charge in [-0.1, -0.05) is 254 Å². The molecule has 0 rings (SSSR count). The summed E-state index contributed by atoms with van der Waals surface area (Å²) < 4.78 is 68.0. The van der Waals surface area contributed by atoms with Gasteiger partial charge in [-0.3, -0.25) is 37.3 Å². The van der Waals surface area contributed by atoms with E-state index in [0.29, 0.717) is 25.7 Å². The van der Waals surface area contributed by atoms with Gasteiger partial charge in [-0.05, 0) is 148 Å². The minimum Gasteiger partial charge on any atom is -0.462 e. The zero-order valence-electron chi connectivity index (χ0n) is 60.8. The lowest BCUT2D eigenvalue weighted by Crippen LogP contribution is -2.30. The first-order valence-electron chi connectivity index (χ1n) is 36.3. The first kappa shape index (κ1) is 93.6. The predicted molar refractivity (Wildman–Crippen MR) is 408 cm³/mol. The van der Waals surface area contributed by atoms with Gasteiger partial charge in [0.25, 0.3) is 0 Å². The van der Waals surface area contributed by atoms with Gasteiger partial charge in [0, 0.05) is 12.8 Å². The molecule has 100 heavy (non-hydrogen) atoms. The van der Waals surface area contributed by atoms with Gasteiger partial charge in [-0.2, -0.15) is 0 Å². The Kier molecular flexibility index (Phi) is 66.5. The maximum atomic E-state index is 13.1. The number of phosphoric ester groups is 2. The topological polar surface area (TPSA) is 237 Å². The Labute approximate surface area is 601 Å². The largest absolute Gasteiger partial charge is 0.472 e. The summed E-state index contributed by atoms with van der Waals surface area (Å²) in [5.41, 5.74) is 0. The van der Waals surface area contributed by atoms with Crippen LogP contribution in [0, 0.1) is 0 Å². The molecule has 0 heterocycles. The number of hydrogen-bond donors (Lipinski definition) is 3. The Hall–Kier alpha value is -6.36. The molecule has 0 bridgehead atoms. The fourth-order valence-electron chi connectivity index (χ4n) is 8.43.